The number of benzene rings is 1. The number of nitrogens with zero attached hydrogens (tertiary/aromatic N) is 4. The van der Waals surface area contributed by atoms with Crippen LogP contribution in [0.3, 0.4) is 0 Å². The van der Waals surface area contributed by atoms with E-state index in [0.717, 1.165) is 0 Å². The molecule has 1 unspecified atom stereocenters. The first-order valence-corrected chi connectivity index (χ1v) is 9.68. The number of carbonyl (C=O) groups is 2. The summed E-state index contributed by atoms with van der Waals surface area (Å²) < 4.78 is 19.8. The molecule has 3 heterocycles. The molecule has 1 aliphatic heterocycles. The zero-order valence-corrected chi connectivity index (χ0v) is 17.4. The molecule has 0 fully saturated rings. The molecule has 2 amide bonds. The maximum Gasteiger partial charge on any atom is 0.289 e. The molecule has 1 aliphatic rings. The monoisotopic (exact) mass is 441 g/mol. The van der Waals surface area contributed by atoms with E-state index >= 15 is 0 Å². The van der Waals surface area contributed by atoms with Gasteiger partial charge in [0.15, 0.2) is 11.6 Å². The molecular formula is C21H17ClFN5O3. The second-order valence-corrected chi connectivity index (χ2v) is 7.35. The van der Waals surface area contributed by atoms with Crippen LogP contribution in [0.15, 0.2) is 42.7 Å². The minimum Gasteiger partial charge on any atom is -0.487 e. The summed E-state index contributed by atoms with van der Waals surface area (Å²) in [6.45, 7) is 1.59. The zero-order valence-electron chi connectivity index (χ0n) is 16.6. The van der Waals surface area contributed by atoms with Crippen molar-refractivity contribution in [3.8, 4) is 17.0 Å². The van der Waals surface area contributed by atoms with Crippen LogP contribution in [0.25, 0.3) is 11.3 Å². The van der Waals surface area contributed by atoms with Crippen LogP contribution in [0.1, 0.15) is 16.2 Å². The van der Waals surface area contributed by atoms with Gasteiger partial charge in [-0.25, -0.2) is 19.3 Å². The molecule has 1 N–H and O–H groups in total. The fourth-order valence-electron chi connectivity index (χ4n) is 3.16. The van der Waals surface area contributed by atoms with E-state index in [9.17, 15) is 14.0 Å². The predicted molar refractivity (Wildman–Crippen MR) is 112 cm³/mol. The maximum atomic E-state index is 14.2. The Balaban J connectivity index is 1.58. The van der Waals surface area contributed by atoms with Crippen LogP contribution in [0.5, 0.6) is 5.75 Å². The number of ether oxygens (including phenoxy) is 1. The first-order valence-electron chi connectivity index (χ1n) is 9.30. The van der Waals surface area contributed by atoms with Gasteiger partial charge in [0.2, 0.25) is 5.82 Å². The van der Waals surface area contributed by atoms with Crippen molar-refractivity contribution in [1.82, 2.24) is 20.3 Å². The van der Waals surface area contributed by atoms with Gasteiger partial charge < -0.3 is 10.1 Å². The van der Waals surface area contributed by atoms with E-state index in [1.807, 2.05) is 0 Å². The molecule has 0 saturated heterocycles. The maximum absolute atomic E-state index is 14.2. The predicted octanol–water partition coefficient (Wildman–Crippen LogP) is 2.79. The van der Waals surface area contributed by atoms with Crippen LogP contribution in [0.4, 0.5) is 10.2 Å². The van der Waals surface area contributed by atoms with E-state index in [-0.39, 0.29) is 18.0 Å². The normalized spacial score (nSPS) is 15.7. The number of hydrogen-bond acceptors (Lipinski definition) is 6. The Morgan fingerprint density at radius 1 is 1.29 bits per heavy atom. The molecule has 31 heavy (non-hydrogen) atoms. The molecular weight excluding hydrogens is 425 g/mol. The van der Waals surface area contributed by atoms with Crippen LogP contribution < -0.4 is 15.0 Å². The lowest BCUT2D eigenvalue weighted by atomic mass is 10.1. The molecule has 2 aromatic heterocycles. The van der Waals surface area contributed by atoms with Crippen molar-refractivity contribution in [1.29, 1.82) is 0 Å². The number of pyridine rings is 1. The summed E-state index contributed by atoms with van der Waals surface area (Å²) in [5.74, 6) is -1.16. The minimum absolute atomic E-state index is 0.129. The number of aromatic nitrogens is 3. The highest BCUT2D eigenvalue weighted by Gasteiger charge is 2.32. The van der Waals surface area contributed by atoms with Gasteiger partial charge in [-0.2, -0.15) is 0 Å². The first kappa shape index (κ1) is 20.7. The van der Waals surface area contributed by atoms with Crippen LogP contribution in [0, 0.1) is 12.7 Å². The smallest absolute Gasteiger partial charge is 0.289 e. The molecule has 1 atom stereocenters. The lowest BCUT2D eigenvalue weighted by Gasteiger charge is -2.19. The largest absolute Gasteiger partial charge is 0.487 e. The molecule has 8 nitrogen and oxygen atoms in total. The van der Waals surface area contributed by atoms with Crippen molar-refractivity contribution in [2.75, 3.05) is 18.6 Å². The molecule has 158 valence electrons. The van der Waals surface area contributed by atoms with Crippen LogP contribution in [0.2, 0.25) is 5.02 Å². The number of fused-ring (bicyclic) bond motifs is 1. The van der Waals surface area contributed by atoms with E-state index in [1.165, 1.54) is 30.4 Å². The van der Waals surface area contributed by atoms with Crippen molar-refractivity contribution in [2.24, 2.45) is 0 Å². The van der Waals surface area contributed by atoms with Gasteiger partial charge in [-0.3, -0.25) is 14.5 Å². The van der Waals surface area contributed by atoms with E-state index in [4.69, 9.17) is 16.3 Å². The molecule has 0 aliphatic carbocycles. The third-order valence-corrected chi connectivity index (χ3v) is 4.97. The summed E-state index contributed by atoms with van der Waals surface area (Å²) in [7, 11) is 1.52. The summed E-state index contributed by atoms with van der Waals surface area (Å²) in [5, 5.41) is 2.94. The number of anilines is 1. The van der Waals surface area contributed by atoms with Crippen molar-refractivity contribution in [2.45, 2.75) is 13.0 Å². The summed E-state index contributed by atoms with van der Waals surface area (Å²) in [6, 6.07) is 6.66. The Morgan fingerprint density at radius 3 is 2.84 bits per heavy atom. The van der Waals surface area contributed by atoms with Gasteiger partial charge in [0.05, 0.1) is 10.7 Å². The SMILES string of the molecule is Cc1cnc(C(=O)NC2COc3cc(Cl)cnc3N(C)C2=O)nc1-c1ccccc1F. The highest BCUT2D eigenvalue weighted by molar-refractivity contribution is 6.30. The molecule has 4 rings (SSSR count). The number of amides is 2. The van der Waals surface area contributed by atoms with Gasteiger partial charge in [-0.05, 0) is 24.6 Å². The molecule has 1 aromatic carbocycles. The van der Waals surface area contributed by atoms with E-state index in [1.54, 1.807) is 31.2 Å². The third-order valence-electron chi connectivity index (χ3n) is 4.76. The third kappa shape index (κ3) is 4.04. The van der Waals surface area contributed by atoms with Gasteiger partial charge in [0, 0.05) is 31.1 Å². The van der Waals surface area contributed by atoms with Gasteiger partial charge in [-0.1, -0.05) is 23.7 Å². The number of carbonyl (C=O) groups excluding carboxylic acids is 2. The Morgan fingerprint density at radius 2 is 2.06 bits per heavy atom. The summed E-state index contributed by atoms with van der Waals surface area (Å²) in [6.07, 6.45) is 2.83. The lowest BCUT2D eigenvalue weighted by Crippen LogP contribution is -2.49. The van der Waals surface area contributed by atoms with E-state index < -0.39 is 23.7 Å². The van der Waals surface area contributed by atoms with Crippen LogP contribution >= 0.6 is 11.6 Å². The highest BCUT2D eigenvalue weighted by Crippen LogP contribution is 2.30. The zero-order chi connectivity index (χ0) is 22.1. The topological polar surface area (TPSA) is 97.3 Å². The van der Waals surface area contributed by atoms with Crippen molar-refractivity contribution in [3.05, 3.63) is 65.0 Å². The fourth-order valence-corrected chi connectivity index (χ4v) is 3.31. The number of rotatable bonds is 3. The Bertz CT molecular complexity index is 1190. The van der Waals surface area contributed by atoms with Gasteiger partial charge in [0.1, 0.15) is 18.5 Å². The summed E-state index contributed by atoms with van der Waals surface area (Å²) >= 11 is 5.95. The number of nitrogens with one attached hydrogen (secondary N) is 1. The molecule has 0 bridgehead atoms. The average Bonchev–Trinajstić information content (AvgIpc) is 2.86. The molecule has 0 radical (unpaired) electrons. The van der Waals surface area contributed by atoms with Crippen molar-refractivity contribution >= 4 is 29.2 Å². The second-order valence-electron chi connectivity index (χ2n) is 6.91. The molecule has 3 aromatic rings. The second kappa shape index (κ2) is 8.27. The van der Waals surface area contributed by atoms with E-state index in [2.05, 4.69) is 20.3 Å². The standard InChI is InChI=1S/C21H17ClFN5O3/c1-11-8-24-18(27-17(11)13-5-3-4-6-14(13)23)20(29)26-15-10-31-16-7-12(22)9-25-19(16)28(2)21(15)30/h3-9,15H,10H2,1-2H3,(H,26,29). The van der Waals surface area contributed by atoms with Gasteiger partial charge in [-0.15, -0.1) is 0 Å². The van der Waals surface area contributed by atoms with Crippen molar-refractivity contribution < 1.29 is 18.7 Å². The van der Waals surface area contributed by atoms with Crippen LogP contribution in [-0.2, 0) is 4.79 Å². The van der Waals surface area contributed by atoms with Crippen LogP contribution in [-0.4, -0.2) is 46.5 Å². The average molecular weight is 442 g/mol. The molecule has 0 saturated carbocycles. The van der Waals surface area contributed by atoms with Crippen molar-refractivity contribution in [3.63, 3.8) is 0 Å². The molecule has 10 heteroatoms. The Hall–Kier alpha value is -3.59. The van der Waals surface area contributed by atoms with Gasteiger partial charge >= 0.3 is 0 Å². The Labute approximate surface area is 182 Å². The lowest BCUT2D eigenvalue weighted by molar-refractivity contribution is -0.120. The number of hydrogen-bond donors (Lipinski definition) is 1. The Kier molecular flexibility index (Phi) is 5.51. The summed E-state index contributed by atoms with van der Waals surface area (Å²) in [5.41, 5.74) is 1.15. The fraction of sp³-hybridized carbons (Fsp3) is 0.190. The van der Waals surface area contributed by atoms with E-state index in [0.29, 0.717) is 27.8 Å². The van der Waals surface area contributed by atoms with Gasteiger partial charge in [0.25, 0.3) is 11.8 Å². The quantitative estimate of drug-likeness (QED) is 0.671. The first-order chi connectivity index (χ1) is 14.8. The molecule has 0 spiro atoms. The summed E-state index contributed by atoms with van der Waals surface area (Å²) in [4.78, 5) is 39.3. The number of halogens is 2. The minimum atomic E-state index is -1.01. The number of likely N-dealkylation sites (N-methyl/N-ethyl adjacent to an activating group) is 1. The highest BCUT2D eigenvalue weighted by atomic mass is 35.5. The number of aryl methyl sites for hydroxylation is 1.